The Kier molecular flexibility index (Phi) is 5.30. The van der Waals surface area contributed by atoms with Gasteiger partial charge in [-0.1, -0.05) is 41.4 Å². The van der Waals surface area contributed by atoms with E-state index in [9.17, 15) is 0 Å². The van der Waals surface area contributed by atoms with Crippen molar-refractivity contribution in [2.45, 2.75) is 12.5 Å². The minimum Gasteiger partial charge on any atom is -0.495 e. The smallest absolute Gasteiger partial charge is 0.137 e. The van der Waals surface area contributed by atoms with Gasteiger partial charge in [-0.25, -0.2) is 0 Å². The van der Waals surface area contributed by atoms with Crippen molar-refractivity contribution in [3.63, 3.8) is 0 Å². The van der Waals surface area contributed by atoms with E-state index in [0.717, 1.165) is 17.0 Å². The molecule has 4 heteroatoms. The molecule has 1 unspecified atom stereocenters. The first-order valence-corrected chi connectivity index (χ1v) is 7.14. The summed E-state index contributed by atoms with van der Waals surface area (Å²) in [5.74, 6) is 0.695. The van der Waals surface area contributed by atoms with Crippen LogP contribution in [0.2, 0.25) is 10.0 Å². The summed E-state index contributed by atoms with van der Waals surface area (Å²) in [6.45, 7) is 0. The van der Waals surface area contributed by atoms with Gasteiger partial charge in [0.1, 0.15) is 5.75 Å². The second-order valence-electron chi connectivity index (χ2n) is 4.57. The molecule has 0 aliphatic carbocycles. The highest BCUT2D eigenvalue weighted by molar-refractivity contribution is 6.32. The van der Waals surface area contributed by atoms with Crippen molar-refractivity contribution in [2.75, 3.05) is 14.2 Å². The zero-order valence-corrected chi connectivity index (χ0v) is 13.0. The topological polar surface area (TPSA) is 21.3 Å². The summed E-state index contributed by atoms with van der Waals surface area (Å²) >= 11 is 12.0. The van der Waals surface area contributed by atoms with Crippen LogP contribution >= 0.6 is 23.2 Å². The zero-order chi connectivity index (χ0) is 14.5. The van der Waals surface area contributed by atoms with Gasteiger partial charge < -0.3 is 10.1 Å². The number of hydrogen-bond acceptors (Lipinski definition) is 2. The highest BCUT2D eigenvalue weighted by atomic mass is 35.5. The van der Waals surface area contributed by atoms with Crippen LogP contribution in [0.4, 0.5) is 0 Å². The highest BCUT2D eigenvalue weighted by Crippen LogP contribution is 2.29. The quantitative estimate of drug-likeness (QED) is 0.877. The van der Waals surface area contributed by atoms with Gasteiger partial charge in [0.05, 0.1) is 12.1 Å². The van der Waals surface area contributed by atoms with Gasteiger partial charge in [0.25, 0.3) is 0 Å². The molecule has 2 rings (SSSR count). The molecule has 1 atom stereocenters. The molecule has 0 saturated heterocycles. The second-order valence-corrected chi connectivity index (χ2v) is 5.41. The van der Waals surface area contributed by atoms with E-state index in [1.54, 1.807) is 7.11 Å². The SMILES string of the molecule is CNC(Cc1ccc(Cl)cc1)c1ccc(Cl)c(OC)c1. The lowest BCUT2D eigenvalue weighted by molar-refractivity contribution is 0.413. The van der Waals surface area contributed by atoms with E-state index in [1.807, 2.05) is 49.5 Å². The van der Waals surface area contributed by atoms with E-state index >= 15 is 0 Å². The molecule has 0 saturated carbocycles. The van der Waals surface area contributed by atoms with Crippen molar-refractivity contribution in [2.24, 2.45) is 0 Å². The monoisotopic (exact) mass is 309 g/mol. The first kappa shape index (κ1) is 15.2. The lowest BCUT2D eigenvalue weighted by atomic mass is 9.99. The van der Waals surface area contributed by atoms with E-state index in [4.69, 9.17) is 27.9 Å². The third kappa shape index (κ3) is 3.66. The van der Waals surface area contributed by atoms with Crippen LogP contribution < -0.4 is 10.1 Å². The number of ether oxygens (including phenoxy) is 1. The average Bonchev–Trinajstić information content (AvgIpc) is 2.47. The molecule has 0 amide bonds. The lowest BCUT2D eigenvalue weighted by Crippen LogP contribution is -2.18. The molecule has 0 fully saturated rings. The minimum atomic E-state index is 0.197. The molecular formula is C16H17Cl2NO. The van der Waals surface area contributed by atoms with E-state index < -0.39 is 0 Å². The minimum absolute atomic E-state index is 0.197. The fraction of sp³-hybridized carbons (Fsp3) is 0.250. The maximum absolute atomic E-state index is 6.06. The Morgan fingerprint density at radius 2 is 1.80 bits per heavy atom. The summed E-state index contributed by atoms with van der Waals surface area (Å²) in [4.78, 5) is 0. The van der Waals surface area contributed by atoms with Crippen LogP contribution in [0.3, 0.4) is 0 Å². The van der Waals surface area contributed by atoms with Gasteiger partial charge in [-0.05, 0) is 48.9 Å². The van der Waals surface area contributed by atoms with Gasteiger partial charge in [0.15, 0.2) is 0 Å². The molecule has 2 aromatic carbocycles. The molecule has 2 nitrogen and oxygen atoms in total. The number of methoxy groups -OCH3 is 1. The van der Waals surface area contributed by atoms with Crippen molar-refractivity contribution in [3.05, 3.63) is 63.6 Å². The normalized spacial score (nSPS) is 12.2. The molecule has 20 heavy (non-hydrogen) atoms. The summed E-state index contributed by atoms with van der Waals surface area (Å²) in [7, 11) is 3.57. The van der Waals surface area contributed by atoms with Crippen LogP contribution in [-0.2, 0) is 6.42 Å². The standard InChI is InChI=1S/C16H17Cl2NO/c1-19-15(9-11-3-6-13(17)7-4-11)12-5-8-14(18)16(10-12)20-2/h3-8,10,15,19H,9H2,1-2H3. The Morgan fingerprint density at radius 1 is 1.10 bits per heavy atom. The molecule has 0 aromatic heterocycles. The zero-order valence-electron chi connectivity index (χ0n) is 11.5. The van der Waals surface area contributed by atoms with E-state index in [-0.39, 0.29) is 6.04 Å². The van der Waals surface area contributed by atoms with Gasteiger partial charge >= 0.3 is 0 Å². The molecule has 1 N–H and O–H groups in total. The predicted molar refractivity (Wildman–Crippen MR) is 85.0 cm³/mol. The fourth-order valence-corrected chi connectivity index (χ4v) is 2.46. The number of hydrogen-bond donors (Lipinski definition) is 1. The predicted octanol–water partition coefficient (Wildman–Crippen LogP) is 4.51. The van der Waals surface area contributed by atoms with Crippen molar-refractivity contribution >= 4 is 23.2 Å². The van der Waals surface area contributed by atoms with Crippen LogP contribution in [-0.4, -0.2) is 14.2 Å². The second kappa shape index (κ2) is 6.98. The summed E-state index contributed by atoms with van der Waals surface area (Å²) in [5, 5.41) is 4.70. The third-order valence-electron chi connectivity index (χ3n) is 3.28. The molecule has 106 valence electrons. The first-order chi connectivity index (χ1) is 9.63. The maximum atomic E-state index is 6.06. The van der Waals surface area contributed by atoms with Crippen molar-refractivity contribution in [1.29, 1.82) is 0 Å². The Labute approximate surface area is 129 Å². The van der Waals surface area contributed by atoms with Gasteiger partial charge in [-0.3, -0.25) is 0 Å². The number of halogens is 2. The largest absolute Gasteiger partial charge is 0.495 e. The summed E-state index contributed by atoms with van der Waals surface area (Å²) in [6.07, 6.45) is 0.873. The first-order valence-electron chi connectivity index (χ1n) is 6.39. The van der Waals surface area contributed by atoms with E-state index in [1.165, 1.54) is 5.56 Å². The Morgan fingerprint density at radius 3 is 2.40 bits per heavy atom. The molecule has 0 heterocycles. The van der Waals surface area contributed by atoms with Crippen molar-refractivity contribution < 1.29 is 4.74 Å². The van der Waals surface area contributed by atoms with Crippen LogP contribution in [0.1, 0.15) is 17.2 Å². The Bertz CT molecular complexity index is 569. The summed E-state index contributed by atoms with van der Waals surface area (Å²) < 4.78 is 5.27. The summed E-state index contributed by atoms with van der Waals surface area (Å²) in [5.41, 5.74) is 2.37. The Hall–Kier alpha value is -1.22. The summed E-state index contributed by atoms with van der Waals surface area (Å²) in [6, 6.07) is 13.9. The molecule has 0 aliphatic heterocycles. The molecule has 0 aliphatic rings. The third-order valence-corrected chi connectivity index (χ3v) is 3.84. The van der Waals surface area contributed by atoms with Crippen LogP contribution in [0, 0.1) is 0 Å². The molecule has 0 bridgehead atoms. The maximum Gasteiger partial charge on any atom is 0.137 e. The molecular weight excluding hydrogens is 293 g/mol. The van der Waals surface area contributed by atoms with Crippen LogP contribution in [0.25, 0.3) is 0 Å². The number of nitrogens with one attached hydrogen (secondary N) is 1. The van der Waals surface area contributed by atoms with Crippen LogP contribution in [0.15, 0.2) is 42.5 Å². The number of likely N-dealkylation sites (N-methyl/N-ethyl adjacent to an activating group) is 1. The van der Waals surface area contributed by atoms with Crippen molar-refractivity contribution in [1.82, 2.24) is 5.32 Å². The number of rotatable bonds is 5. The van der Waals surface area contributed by atoms with Crippen LogP contribution in [0.5, 0.6) is 5.75 Å². The Balaban J connectivity index is 2.21. The number of benzene rings is 2. The molecule has 0 radical (unpaired) electrons. The van der Waals surface area contributed by atoms with Gasteiger partial charge in [0, 0.05) is 11.1 Å². The van der Waals surface area contributed by atoms with E-state index in [2.05, 4.69) is 5.32 Å². The van der Waals surface area contributed by atoms with Gasteiger partial charge in [-0.2, -0.15) is 0 Å². The average molecular weight is 310 g/mol. The highest BCUT2D eigenvalue weighted by Gasteiger charge is 2.12. The van der Waals surface area contributed by atoms with Gasteiger partial charge in [-0.15, -0.1) is 0 Å². The lowest BCUT2D eigenvalue weighted by Gasteiger charge is -2.18. The van der Waals surface area contributed by atoms with Gasteiger partial charge in [0.2, 0.25) is 0 Å². The van der Waals surface area contributed by atoms with Crippen molar-refractivity contribution in [3.8, 4) is 5.75 Å². The fourth-order valence-electron chi connectivity index (χ4n) is 2.14. The van der Waals surface area contributed by atoms with E-state index in [0.29, 0.717) is 10.8 Å². The molecule has 0 spiro atoms. The molecule has 2 aromatic rings.